The lowest BCUT2D eigenvalue weighted by Gasteiger charge is -2.36. The summed E-state index contributed by atoms with van der Waals surface area (Å²) >= 11 is 12.4. The first-order chi connectivity index (χ1) is 16.7. The van der Waals surface area contributed by atoms with Gasteiger partial charge in [-0.3, -0.25) is 18.8 Å². The number of H-pyrrole nitrogens is 1. The van der Waals surface area contributed by atoms with Crippen LogP contribution < -0.4 is 10.9 Å². The van der Waals surface area contributed by atoms with Crippen molar-refractivity contribution < 1.29 is 14.0 Å². The van der Waals surface area contributed by atoms with Gasteiger partial charge in [0, 0.05) is 44.5 Å². The zero-order valence-corrected chi connectivity index (χ0v) is 20.5. The van der Waals surface area contributed by atoms with Gasteiger partial charge in [-0.05, 0) is 43.7 Å². The van der Waals surface area contributed by atoms with Crippen molar-refractivity contribution in [3.05, 3.63) is 73.6 Å². The maximum Gasteiger partial charge on any atom is 0.272 e. The smallest absolute Gasteiger partial charge is 0.272 e. The van der Waals surface area contributed by atoms with Gasteiger partial charge in [0.2, 0.25) is 5.91 Å². The zero-order valence-electron chi connectivity index (χ0n) is 19.0. The second-order valence-corrected chi connectivity index (χ2v) is 9.79. The Balaban J connectivity index is 1.34. The number of aromatic amines is 1. The average molecular weight is 520 g/mol. The largest absolute Gasteiger partial charge is 0.338 e. The van der Waals surface area contributed by atoms with E-state index in [0.717, 1.165) is 12.8 Å². The Kier molecular flexibility index (Phi) is 6.11. The van der Waals surface area contributed by atoms with Gasteiger partial charge in [-0.25, -0.2) is 4.39 Å². The van der Waals surface area contributed by atoms with Gasteiger partial charge in [0.25, 0.3) is 11.5 Å². The molecule has 0 spiro atoms. The second-order valence-electron chi connectivity index (χ2n) is 9.02. The predicted molar refractivity (Wildman–Crippen MR) is 131 cm³/mol. The van der Waals surface area contributed by atoms with Crippen LogP contribution in [-0.4, -0.2) is 69.8 Å². The summed E-state index contributed by atoms with van der Waals surface area (Å²) in [6.45, 7) is 1.51. The van der Waals surface area contributed by atoms with Crippen LogP contribution in [0.5, 0.6) is 0 Å². The second kappa shape index (κ2) is 8.96. The SMILES string of the molecule is CNC1(C(=O)N2CCN(C(=O)c3cc(Cc4c[nH]c(=O)c5cc(Cl)c(Cl)n45)ccc3F)CC2)CC1. The fourth-order valence-electron chi connectivity index (χ4n) is 4.66. The van der Waals surface area contributed by atoms with Crippen LogP contribution in [0.3, 0.4) is 0 Å². The molecule has 2 N–H and O–H groups in total. The molecule has 0 bridgehead atoms. The maximum absolute atomic E-state index is 14.7. The molecule has 2 fully saturated rings. The molecule has 2 amide bonds. The molecule has 1 saturated carbocycles. The van der Waals surface area contributed by atoms with Gasteiger partial charge in [0.05, 0.1) is 16.1 Å². The van der Waals surface area contributed by atoms with E-state index in [1.165, 1.54) is 24.4 Å². The fourth-order valence-corrected chi connectivity index (χ4v) is 5.10. The number of carbonyl (C=O) groups is 2. The monoisotopic (exact) mass is 519 g/mol. The van der Waals surface area contributed by atoms with Gasteiger partial charge in [-0.1, -0.05) is 29.3 Å². The molecule has 3 heterocycles. The normalized spacial score (nSPS) is 17.1. The van der Waals surface area contributed by atoms with E-state index in [0.29, 0.717) is 43.0 Å². The maximum atomic E-state index is 14.7. The Bertz CT molecular complexity index is 1390. The third kappa shape index (κ3) is 4.22. The number of nitrogens with one attached hydrogen (secondary N) is 2. The quantitative estimate of drug-likeness (QED) is 0.542. The summed E-state index contributed by atoms with van der Waals surface area (Å²) in [6, 6.07) is 5.86. The predicted octanol–water partition coefficient (Wildman–Crippen LogP) is 2.70. The minimum atomic E-state index is -0.613. The van der Waals surface area contributed by atoms with E-state index < -0.39 is 17.3 Å². The van der Waals surface area contributed by atoms with Crippen molar-refractivity contribution in [2.45, 2.75) is 24.8 Å². The molecule has 0 atom stereocenters. The Morgan fingerprint density at radius 1 is 1.11 bits per heavy atom. The molecule has 5 rings (SSSR count). The van der Waals surface area contributed by atoms with E-state index in [1.807, 2.05) is 0 Å². The Morgan fingerprint density at radius 2 is 1.80 bits per heavy atom. The zero-order chi connectivity index (χ0) is 24.9. The number of carbonyl (C=O) groups excluding carboxylic acids is 2. The van der Waals surface area contributed by atoms with E-state index in [2.05, 4.69) is 10.3 Å². The number of nitrogens with zero attached hydrogens (tertiary/aromatic N) is 3. The third-order valence-corrected chi connectivity index (χ3v) is 7.68. The summed E-state index contributed by atoms with van der Waals surface area (Å²) in [6.07, 6.45) is 3.45. The molecule has 1 aliphatic carbocycles. The molecule has 0 radical (unpaired) electrons. The van der Waals surface area contributed by atoms with Crippen molar-refractivity contribution in [2.24, 2.45) is 0 Å². The molecule has 2 aliphatic rings. The van der Waals surface area contributed by atoms with Crippen molar-refractivity contribution in [3.63, 3.8) is 0 Å². The molecule has 1 saturated heterocycles. The lowest BCUT2D eigenvalue weighted by molar-refractivity contribution is -0.135. The van der Waals surface area contributed by atoms with E-state index >= 15 is 0 Å². The van der Waals surface area contributed by atoms with E-state index in [-0.39, 0.29) is 33.6 Å². The first-order valence-corrected chi connectivity index (χ1v) is 12.1. The number of halogens is 3. The van der Waals surface area contributed by atoms with E-state index in [1.54, 1.807) is 27.3 Å². The molecule has 1 aliphatic heterocycles. The number of amides is 2. The summed E-state index contributed by atoms with van der Waals surface area (Å²) < 4.78 is 16.2. The number of rotatable bonds is 5. The number of benzene rings is 1. The molecule has 184 valence electrons. The van der Waals surface area contributed by atoms with Gasteiger partial charge in [-0.2, -0.15) is 0 Å². The highest BCUT2D eigenvalue weighted by atomic mass is 35.5. The van der Waals surface area contributed by atoms with Crippen molar-refractivity contribution in [3.8, 4) is 0 Å². The van der Waals surface area contributed by atoms with Crippen LogP contribution in [-0.2, 0) is 11.2 Å². The van der Waals surface area contributed by atoms with Crippen LogP contribution in [0.4, 0.5) is 4.39 Å². The van der Waals surface area contributed by atoms with Crippen molar-refractivity contribution in [1.29, 1.82) is 0 Å². The minimum Gasteiger partial charge on any atom is -0.338 e. The molecule has 35 heavy (non-hydrogen) atoms. The summed E-state index contributed by atoms with van der Waals surface area (Å²) in [5.74, 6) is -0.964. The first-order valence-electron chi connectivity index (χ1n) is 11.4. The number of hydrogen-bond acceptors (Lipinski definition) is 4. The highest BCUT2D eigenvalue weighted by Crippen LogP contribution is 2.37. The molecule has 1 aromatic carbocycles. The topological polar surface area (TPSA) is 89.9 Å². The van der Waals surface area contributed by atoms with Gasteiger partial charge in [0.1, 0.15) is 16.5 Å². The number of fused-ring (bicyclic) bond motifs is 1. The van der Waals surface area contributed by atoms with Crippen LogP contribution in [0, 0.1) is 5.82 Å². The Labute approximate surface area is 210 Å². The van der Waals surface area contributed by atoms with Gasteiger partial charge in [-0.15, -0.1) is 0 Å². The van der Waals surface area contributed by atoms with E-state index in [9.17, 15) is 18.8 Å². The summed E-state index contributed by atoms with van der Waals surface area (Å²) in [7, 11) is 1.79. The summed E-state index contributed by atoms with van der Waals surface area (Å²) in [5.41, 5.74) is 0.780. The number of hydrogen-bond donors (Lipinski definition) is 2. The first kappa shape index (κ1) is 23.8. The van der Waals surface area contributed by atoms with Crippen LogP contribution in [0.15, 0.2) is 35.3 Å². The van der Waals surface area contributed by atoms with Gasteiger partial charge in [0.15, 0.2) is 0 Å². The van der Waals surface area contributed by atoms with Crippen LogP contribution >= 0.6 is 23.2 Å². The van der Waals surface area contributed by atoms with Crippen molar-refractivity contribution >= 4 is 40.5 Å². The number of likely N-dealkylation sites (N-methyl/N-ethyl adjacent to an activating group) is 1. The number of aromatic nitrogens is 2. The minimum absolute atomic E-state index is 0.0338. The molecular weight excluding hydrogens is 496 g/mol. The van der Waals surface area contributed by atoms with Crippen molar-refractivity contribution in [1.82, 2.24) is 24.5 Å². The average Bonchev–Trinajstić information content (AvgIpc) is 3.61. The molecule has 0 unspecified atom stereocenters. The molecular formula is C24H24Cl2FN5O3. The molecule has 3 aromatic rings. The highest BCUT2D eigenvalue weighted by molar-refractivity contribution is 6.42. The molecule has 11 heteroatoms. The van der Waals surface area contributed by atoms with E-state index in [4.69, 9.17) is 23.2 Å². The summed E-state index contributed by atoms with van der Waals surface area (Å²) in [5, 5.41) is 3.56. The van der Waals surface area contributed by atoms with Crippen LogP contribution in [0.2, 0.25) is 10.2 Å². The lowest BCUT2D eigenvalue weighted by atomic mass is 10.0. The van der Waals surface area contributed by atoms with Gasteiger partial charge >= 0.3 is 0 Å². The number of piperazine rings is 1. The summed E-state index contributed by atoms with van der Waals surface area (Å²) in [4.78, 5) is 44.0. The standard InChI is InChI=1S/C24H24Cl2FN5O3/c1-28-24(4-5-24)23(35)31-8-6-30(7-9-31)22(34)16-11-14(2-3-18(16)27)10-15-13-29-21(33)19-12-17(25)20(26)32(15)19/h2-3,11-13,28H,4-10H2,1H3,(H,29,33). The molecule has 8 nitrogen and oxygen atoms in total. The third-order valence-electron chi connectivity index (χ3n) is 6.93. The highest BCUT2D eigenvalue weighted by Gasteiger charge is 2.50. The fraction of sp³-hybridized carbons (Fsp3) is 0.375. The van der Waals surface area contributed by atoms with Gasteiger partial charge < -0.3 is 20.1 Å². The molecule has 2 aromatic heterocycles. The van der Waals surface area contributed by atoms with Crippen LogP contribution in [0.25, 0.3) is 5.52 Å². The van der Waals surface area contributed by atoms with Crippen molar-refractivity contribution in [2.75, 3.05) is 33.2 Å². The Hall–Kier alpha value is -2.88. The lowest BCUT2D eigenvalue weighted by Crippen LogP contribution is -2.55. The van der Waals surface area contributed by atoms with Crippen LogP contribution in [0.1, 0.15) is 34.5 Å². The Morgan fingerprint density at radius 3 is 2.46 bits per heavy atom.